The van der Waals surface area contributed by atoms with E-state index >= 15 is 0 Å². The van der Waals surface area contributed by atoms with Crippen molar-refractivity contribution in [2.45, 2.75) is 25.2 Å². The fourth-order valence-electron chi connectivity index (χ4n) is 3.71. The molecule has 0 fully saturated rings. The number of aromatic amines is 1. The van der Waals surface area contributed by atoms with Crippen LogP contribution in [0.4, 0.5) is 4.39 Å². The first kappa shape index (κ1) is 17.9. The zero-order valence-electron chi connectivity index (χ0n) is 15.3. The first-order chi connectivity index (χ1) is 12.9. The van der Waals surface area contributed by atoms with Crippen LogP contribution in [0, 0.1) is 19.7 Å². The van der Waals surface area contributed by atoms with Gasteiger partial charge >= 0.3 is 0 Å². The summed E-state index contributed by atoms with van der Waals surface area (Å²) in [6.45, 7) is 4.54. The summed E-state index contributed by atoms with van der Waals surface area (Å²) in [6.07, 6.45) is 4.44. The number of fused-ring (bicyclic) bond motifs is 1. The van der Waals surface area contributed by atoms with Gasteiger partial charge in [-0.1, -0.05) is 23.8 Å². The van der Waals surface area contributed by atoms with Crippen molar-refractivity contribution in [3.05, 3.63) is 71.2 Å². The molecule has 0 saturated carbocycles. The molecule has 0 saturated heterocycles. The van der Waals surface area contributed by atoms with E-state index in [9.17, 15) is 12.8 Å². The number of hydrogen-bond acceptors (Lipinski definition) is 2. The Kier molecular flexibility index (Phi) is 4.40. The number of benzene rings is 2. The van der Waals surface area contributed by atoms with Crippen molar-refractivity contribution in [2.24, 2.45) is 0 Å². The van der Waals surface area contributed by atoms with Crippen molar-refractivity contribution in [1.29, 1.82) is 0 Å². The normalized spacial score (nSPS) is 15.9. The molecule has 1 aromatic heterocycles. The summed E-state index contributed by atoms with van der Waals surface area (Å²) in [4.78, 5) is 3.46. The van der Waals surface area contributed by atoms with Gasteiger partial charge in [0.25, 0.3) is 0 Å². The highest BCUT2D eigenvalue weighted by molar-refractivity contribution is 7.89. The van der Waals surface area contributed by atoms with Crippen LogP contribution in [0.3, 0.4) is 0 Å². The molecule has 4 rings (SSSR count). The number of aryl methyl sites for hydroxylation is 2. The van der Waals surface area contributed by atoms with Gasteiger partial charge in [-0.25, -0.2) is 12.8 Å². The number of H-pyrrole nitrogens is 1. The number of sulfonamides is 1. The van der Waals surface area contributed by atoms with E-state index in [2.05, 4.69) is 4.98 Å². The molecular formula is C21H21FN2O2S. The standard InChI is InChI=1S/C21H21FN2O2S/c1-14-3-6-21(15(2)11-14)27(25,26)24-9-7-16(8-10-24)19-13-23-20-12-17(22)4-5-18(19)20/h3-7,11-13,23H,8-10H2,1-2H3. The zero-order chi connectivity index (χ0) is 19.2. The Morgan fingerprint density at radius 2 is 1.93 bits per heavy atom. The first-order valence-corrected chi connectivity index (χ1v) is 10.3. The van der Waals surface area contributed by atoms with E-state index in [1.165, 1.54) is 16.4 Å². The first-order valence-electron chi connectivity index (χ1n) is 8.90. The van der Waals surface area contributed by atoms with Gasteiger partial charge in [0.1, 0.15) is 5.82 Å². The predicted octanol–water partition coefficient (Wildman–Crippen LogP) is 4.40. The fraction of sp³-hybridized carbons (Fsp3) is 0.238. The number of hydrogen-bond donors (Lipinski definition) is 1. The maximum absolute atomic E-state index is 13.4. The Bertz CT molecular complexity index is 1160. The van der Waals surface area contributed by atoms with Crippen LogP contribution in [0.5, 0.6) is 0 Å². The maximum atomic E-state index is 13.4. The lowest BCUT2D eigenvalue weighted by Gasteiger charge is -2.26. The largest absolute Gasteiger partial charge is 0.360 e. The third-order valence-electron chi connectivity index (χ3n) is 5.11. The molecule has 2 heterocycles. The van der Waals surface area contributed by atoms with E-state index in [0.717, 1.165) is 33.2 Å². The van der Waals surface area contributed by atoms with Gasteiger partial charge in [-0.3, -0.25) is 0 Å². The smallest absolute Gasteiger partial charge is 0.243 e. The number of aromatic nitrogens is 1. The number of rotatable bonds is 3. The fourth-order valence-corrected chi connectivity index (χ4v) is 5.29. The van der Waals surface area contributed by atoms with Crippen LogP contribution < -0.4 is 0 Å². The molecule has 0 unspecified atom stereocenters. The minimum atomic E-state index is -3.52. The van der Waals surface area contributed by atoms with Gasteiger partial charge in [-0.2, -0.15) is 4.31 Å². The van der Waals surface area contributed by atoms with Crippen LogP contribution in [-0.4, -0.2) is 30.8 Å². The highest BCUT2D eigenvalue weighted by atomic mass is 32.2. The van der Waals surface area contributed by atoms with Crippen molar-refractivity contribution in [3.63, 3.8) is 0 Å². The summed E-state index contributed by atoms with van der Waals surface area (Å²) in [5.74, 6) is -0.278. The molecule has 1 aliphatic rings. The number of nitrogens with zero attached hydrogens (tertiary/aromatic N) is 1. The van der Waals surface area contributed by atoms with Crippen LogP contribution in [-0.2, 0) is 10.0 Å². The van der Waals surface area contributed by atoms with Gasteiger partial charge in [0.05, 0.1) is 4.90 Å². The van der Waals surface area contributed by atoms with E-state index in [0.29, 0.717) is 24.4 Å². The van der Waals surface area contributed by atoms with Crippen LogP contribution in [0.2, 0.25) is 0 Å². The second-order valence-corrected chi connectivity index (χ2v) is 8.91. The molecule has 0 spiro atoms. The molecule has 0 amide bonds. The summed E-state index contributed by atoms with van der Waals surface area (Å²) in [5.41, 5.74) is 4.65. The third kappa shape index (κ3) is 3.19. The molecule has 0 atom stereocenters. The monoisotopic (exact) mass is 384 g/mol. The molecule has 1 aliphatic heterocycles. The minimum Gasteiger partial charge on any atom is -0.360 e. The average Bonchev–Trinajstić information content (AvgIpc) is 3.04. The molecular weight excluding hydrogens is 363 g/mol. The molecule has 6 heteroatoms. The zero-order valence-corrected chi connectivity index (χ0v) is 16.1. The van der Waals surface area contributed by atoms with Crippen LogP contribution in [0.1, 0.15) is 23.1 Å². The van der Waals surface area contributed by atoms with Gasteiger partial charge in [0, 0.05) is 35.8 Å². The highest BCUT2D eigenvalue weighted by Gasteiger charge is 2.28. The van der Waals surface area contributed by atoms with Gasteiger partial charge in [0.15, 0.2) is 0 Å². The summed E-state index contributed by atoms with van der Waals surface area (Å²) in [5, 5.41) is 0.952. The second-order valence-electron chi connectivity index (χ2n) is 7.00. The Balaban J connectivity index is 1.62. The second kappa shape index (κ2) is 6.62. The number of nitrogens with one attached hydrogen (secondary N) is 1. The molecule has 4 nitrogen and oxygen atoms in total. The Morgan fingerprint density at radius 1 is 1.11 bits per heavy atom. The molecule has 2 aromatic carbocycles. The Morgan fingerprint density at radius 3 is 2.63 bits per heavy atom. The Labute approximate surface area is 158 Å². The van der Waals surface area contributed by atoms with E-state index in [1.54, 1.807) is 12.1 Å². The highest BCUT2D eigenvalue weighted by Crippen LogP contribution is 2.31. The van der Waals surface area contributed by atoms with Gasteiger partial charge in [0.2, 0.25) is 10.0 Å². The minimum absolute atomic E-state index is 0.278. The topological polar surface area (TPSA) is 53.2 Å². The summed E-state index contributed by atoms with van der Waals surface area (Å²) in [7, 11) is -3.52. The van der Waals surface area contributed by atoms with Crippen LogP contribution in [0.15, 0.2) is 53.6 Å². The summed E-state index contributed by atoms with van der Waals surface area (Å²) < 4.78 is 40.9. The van der Waals surface area contributed by atoms with Crippen molar-refractivity contribution in [1.82, 2.24) is 9.29 Å². The van der Waals surface area contributed by atoms with E-state index in [1.807, 2.05) is 38.3 Å². The summed E-state index contributed by atoms with van der Waals surface area (Å²) in [6, 6.07) is 10.1. The molecule has 3 aromatic rings. The summed E-state index contributed by atoms with van der Waals surface area (Å²) >= 11 is 0. The molecule has 0 aliphatic carbocycles. The third-order valence-corrected chi connectivity index (χ3v) is 7.14. The van der Waals surface area contributed by atoms with Gasteiger partial charge < -0.3 is 4.98 Å². The maximum Gasteiger partial charge on any atom is 0.243 e. The van der Waals surface area contributed by atoms with Crippen LogP contribution in [0.25, 0.3) is 16.5 Å². The molecule has 0 radical (unpaired) electrons. The van der Waals surface area contributed by atoms with Crippen molar-refractivity contribution in [3.8, 4) is 0 Å². The average molecular weight is 384 g/mol. The van der Waals surface area contributed by atoms with Crippen molar-refractivity contribution in [2.75, 3.05) is 13.1 Å². The lowest BCUT2D eigenvalue weighted by Crippen LogP contribution is -2.35. The van der Waals surface area contributed by atoms with Crippen molar-refractivity contribution < 1.29 is 12.8 Å². The van der Waals surface area contributed by atoms with Gasteiger partial charge in [-0.15, -0.1) is 0 Å². The lowest BCUT2D eigenvalue weighted by molar-refractivity contribution is 0.441. The lowest BCUT2D eigenvalue weighted by atomic mass is 10.00. The van der Waals surface area contributed by atoms with Crippen LogP contribution >= 0.6 is 0 Å². The molecule has 0 bridgehead atoms. The van der Waals surface area contributed by atoms with E-state index in [4.69, 9.17) is 0 Å². The predicted molar refractivity (Wildman–Crippen MR) is 106 cm³/mol. The molecule has 27 heavy (non-hydrogen) atoms. The van der Waals surface area contributed by atoms with Gasteiger partial charge in [-0.05, 0) is 55.7 Å². The van der Waals surface area contributed by atoms with E-state index < -0.39 is 10.0 Å². The van der Waals surface area contributed by atoms with E-state index in [-0.39, 0.29) is 5.82 Å². The Hall–Kier alpha value is -2.44. The quantitative estimate of drug-likeness (QED) is 0.728. The molecule has 1 N–H and O–H groups in total. The SMILES string of the molecule is Cc1ccc(S(=O)(=O)N2CC=C(c3c[nH]c4cc(F)ccc34)CC2)c(C)c1. The molecule has 140 valence electrons. The van der Waals surface area contributed by atoms with Crippen molar-refractivity contribution >= 4 is 26.5 Å². The number of halogens is 1.